The smallest absolute Gasteiger partial charge is 0.0438 e. The van der Waals surface area contributed by atoms with E-state index in [1.165, 1.54) is 5.69 Å². The van der Waals surface area contributed by atoms with E-state index in [1.807, 2.05) is 12.1 Å². The third kappa shape index (κ3) is 2.93. The van der Waals surface area contributed by atoms with Crippen molar-refractivity contribution in [3.8, 4) is 0 Å². The molecule has 2 rings (SSSR count). The molecule has 1 N–H and O–H groups in total. The first-order valence-electron chi connectivity index (χ1n) is 6.33. The van der Waals surface area contributed by atoms with Gasteiger partial charge in [-0.05, 0) is 37.1 Å². The highest BCUT2D eigenvalue weighted by Crippen LogP contribution is 2.25. The highest BCUT2D eigenvalue weighted by atomic mass is 35.5. The van der Waals surface area contributed by atoms with Gasteiger partial charge in [0.15, 0.2) is 0 Å². The molecule has 17 heavy (non-hydrogen) atoms. The molecule has 3 heteroatoms. The average molecular weight is 253 g/mol. The van der Waals surface area contributed by atoms with E-state index in [0.717, 1.165) is 18.1 Å². The maximum absolute atomic E-state index is 5.95. The molecule has 2 unspecified atom stereocenters. The molecule has 1 fully saturated rings. The number of anilines is 1. The maximum Gasteiger partial charge on any atom is 0.0438 e. The second kappa shape index (κ2) is 5.28. The van der Waals surface area contributed by atoms with Crippen molar-refractivity contribution in [3.05, 3.63) is 29.3 Å². The Kier molecular flexibility index (Phi) is 3.95. The molecule has 0 saturated carbocycles. The van der Waals surface area contributed by atoms with Gasteiger partial charge in [-0.2, -0.15) is 0 Å². The van der Waals surface area contributed by atoms with E-state index in [4.69, 9.17) is 11.6 Å². The van der Waals surface area contributed by atoms with Crippen LogP contribution in [0.25, 0.3) is 0 Å². The van der Waals surface area contributed by atoms with E-state index in [9.17, 15) is 0 Å². The van der Waals surface area contributed by atoms with Crippen molar-refractivity contribution < 1.29 is 0 Å². The summed E-state index contributed by atoms with van der Waals surface area (Å²) in [6.45, 7) is 8.92. The van der Waals surface area contributed by atoms with Crippen LogP contribution in [0.4, 0.5) is 5.69 Å². The molecule has 0 aromatic heterocycles. The standard InChI is InChI=1S/C14H21ClN2/c1-10(2)14-8-16-11(3)9-17(14)13-6-4-12(15)5-7-13/h4-7,10-11,14,16H,8-9H2,1-3H3. The first kappa shape index (κ1) is 12.7. The molecule has 2 atom stereocenters. The predicted molar refractivity (Wildman–Crippen MR) is 74.9 cm³/mol. The van der Waals surface area contributed by atoms with Crippen molar-refractivity contribution >= 4 is 17.3 Å². The minimum Gasteiger partial charge on any atom is -0.365 e. The number of nitrogens with one attached hydrogen (secondary N) is 1. The lowest BCUT2D eigenvalue weighted by Crippen LogP contribution is -2.57. The Morgan fingerprint density at radius 3 is 2.53 bits per heavy atom. The molecule has 1 aromatic rings. The molecule has 94 valence electrons. The summed E-state index contributed by atoms with van der Waals surface area (Å²) in [4.78, 5) is 2.50. The van der Waals surface area contributed by atoms with Gasteiger partial charge in [-0.3, -0.25) is 0 Å². The quantitative estimate of drug-likeness (QED) is 0.870. The molecule has 0 bridgehead atoms. The van der Waals surface area contributed by atoms with Crippen LogP contribution >= 0.6 is 11.6 Å². The number of hydrogen-bond acceptors (Lipinski definition) is 2. The fourth-order valence-electron chi connectivity index (χ4n) is 2.45. The monoisotopic (exact) mass is 252 g/mol. The normalized spacial score (nSPS) is 25.4. The molecule has 2 nitrogen and oxygen atoms in total. The average Bonchev–Trinajstić information content (AvgIpc) is 2.29. The molecule has 0 spiro atoms. The number of rotatable bonds is 2. The van der Waals surface area contributed by atoms with Gasteiger partial charge in [0.1, 0.15) is 0 Å². The van der Waals surface area contributed by atoms with E-state index < -0.39 is 0 Å². The van der Waals surface area contributed by atoms with E-state index in [-0.39, 0.29) is 0 Å². The van der Waals surface area contributed by atoms with Crippen LogP contribution in [0.3, 0.4) is 0 Å². The molecule has 1 aliphatic heterocycles. The van der Waals surface area contributed by atoms with Gasteiger partial charge in [0.25, 0.3) is 0 Å². The van der Waals surface area contributed by atoms with Crippen molar-refractivity contribution in [1.82, 2.24) is 5.32 Å². The molecule has 1 saturated heterocycles. The zero-order valence-electron chi connectivity index (χ0n) is 10.8. The van der Waals surface area contributed by atoms with Crippen molar-refractivity contribution in [1.29, 1.82) is 0 Å². The van der Waals surface area contributed by atoms with Crippen LogP contribution < -0.4 is 10.2 Å². The zero-order chi connectivity index (χ0) is 12.4. The summed E-state index contributed by atoms with van der Waals surface area (Å²) >= 11 is 5.95. The van der Waals surface area contributed by atoms with Crippen LogP contribution in [0.5, 0.6) is 0 Å². The van der Waals surface area contributed by atoms with Gasteiger partial charge < -0.3 is 10.2 Å². The highest BCUT2D eigenvalue weighted by Gasteiger charge is 2.27. The number of halogens is 1. The Balaban J connectivity index is 2.22. The van der Waals surface area contributed by atoms with Gasteiger partial charge in [-0.15, -0.1) is 0 Å². The second-order valence-corrected chi connectivity index (χ2v) is 5.69. The Morgan fingerprint density at radius 1 is 1.29 bits per heavy atom. The summed E-state index contributed by atoms with van der Waals surface area (Å²) in [6, 6.07) is 9.29. The van der Waals surface area contributed by atoms with Gasteiger partial charge in [0.05, 0.1) is 0 Å². The maximum atomic E-state index is 5.95. The van der Waals surface area contributed by atoms with Crippen molar-refractivity contribution in [2.24, 2.45) is 5.92 Å². The highest BCUT2D eigenvalue weighted by molar-refractivity contribution is 6.30. The predicted octanol–water partition coefficient (Wildman–Crippen LogP) is 3.16. The Hall–Kier alpha value is -0.730. The van der Waals surface area contributed by atoms with Gasteiger partial charge in [0.2, 0.25) is 0 Å². The van der Waals surface area contributed by atoms with Crippen LogP contribution in [0.1, 0.15) is 20.8 Å². The van der Waals surface area contributed by atoms with Crippen LogP contribution in [0, 0.1) is 5.92 Å². The van der Waals surface area contributed by atoms with Crippen molar-refractivity contribution in [3.63, 3.8) is 0 Å². The van der Waals surface area contributed by atoms with Crippen LogP contribution in [-0.2, 0) is 0 Å². The van der Waals surface area contributed by atoms with E-state index in [1.54, 1.807) is 0 Å². The van der Waals surface area contributed by atoms with Crippen molar-refractivity contribution in [2.45, 2.75) is 32.9 Å². The topological polar surface area (TPSA) is 15.3 Å². The third-order valence-electron chi connectivity index (χ3n) is 3.47. The lowest BCUT2D eigenvalue weighted by molar-refractivity contribution is 0.349. The SMILES string of the molecule is CC1CN(c2ccc(Cl)cc2)C(C(C)C)CN1. The summed E-state index contributed by atoms with van der Waals surface area (Å²) in [7, 11) is 0. The minimum absolute atomic E-state index is 0.542. The van der Waals surface area contributed by atoms with Gasteiger partial charge in [-0.1, -0.05) is 25.4 Å². The Labute approximate surface area is 109 Å². The number of benzene rings is 1. The van der Waals surface area contributed by atoms with Gasteiger partial charge in [0, 0.05) is 35.9 Å². The lowest BCUT2D eigenvalue weighted by Gasteiger charge is -2.43. The van der Waals surface area contributed by atoms with Crippen molar-refractivity contribution in [2.75, 3.05) is 18.0 Å². The van der Waals surface area contributed by atoms with Gasteiger partial charge >= 0.3 is 0 Å². The number of nitrogens with zero attached hydrogens (tertiary/aromatic N) is 1. The van der Waals surface area contributed by atoms with E-state index >= 15 is 0 Å². The van der Waals surface area contributed by atoms with Crippen LogP contribution in [0.2, 0.25) is 5.02 Å². The van der Waals surface area contributed by atoms with Crippen LogP contribution in [-0.4, -0.2) is 25.2 Å². The molecule has 0 radical (unpaired) electrons. The molecule has 1 heterocycles. The zero-order valence-corrected chi connectivity index (χ0v) is 11.5. The summed E-state index contributed by atoms with van der Waals surface area (Å²) in [5.41, 5.74) is 1.28. The molecule has 0 amide bonds. The number of piperazine rings is 1. The molecular formula is C14H21ClN2. The van der Waals surface area contributed by atoms with Crippen LogP contribution in [0.15, 0.2) is 24.3 Å². The first-order chi connectivity index (χ1) is 8.08. The molecule has 1 aliphatic rings. The summed E-state index contributed by atoms with van der Waals surface area (Å²) in [6.07, 6.45) is 0. The molecular weight excluding hydrogens is 232 g/mol. The largest absolute Gasteiger partial charge is 0.365 e. The Morgan fingerprint density at radius 2 is 1.94 bits per heavy atom. The van der Waals surface area contributed by atoms with E-state index in [0.29, 0.717) is 18.0 Å². The fraction of sp³-hybridized carbons (Fsp3) is 0.571. The summed E-state index contributed by atoms with van der Waals surface area (Å²) in [5.74, 6) is 0.644. The third-order valence-corrected chi connectivity index (χ3v) is 3.73. The minimum atomic E-state index is 0.542. The molecule has 0 aliphatic carbocycles. The van der Waals surface area contributed by atoms with E-state index in [2.05, 4.69) is 43.1 Å². The lowest BCUT2D eigenvalue weighted by atomic mass is 9.98. The number of hydrogen-bond donors (Lipinski definition) is 1. The summed E-state index contributed by atoms with van der Waals surface area (Å²) < 4.78 is 0. The molecule has 1 aromatic carbocycles. The fourth-order valence-corrected chi connectivity index (χ4v) is 2.58. The summed E-state index contributed by atoms with van der Waals surface area (Å²) in [5, 5.41) is 4.36. The van der Waals surface area contributed by atoms with Gasteiger partial charge in [-0.25, -0.2) is 0 Å². The first-order valence-corrected chi connectivity index (χ1v) is 6.71. The second-order valence-electron chi connectivity index (χ2n) is 5.25. The Bertz CT molecular complexity index is 361.